The molecule has 1 spiro atoms. The molecule has 0 N–H and O–H groups in total. The normalized spacial score (nSPS) is 16.9. The summed E-state index contributed by atoms with van der Waals surface area (Å²) in [7, 11) is 3.09. The van der Waals surface area contributed by atoms with Gasteiger partial charge >= 0.3 is 0 Å². The summed E-state index contributed by atoms with van der Waals surface area (Å²) in [5.74, 6) is 2.52. The van der Waals surface area contributed by atoms with E-state index in [1.54, 1.807) is 24.1 Å². The van der Waals surface area contributed by atoms with Gasteiger partial charge in [-0.1, -0.05) is 26.0 Å². The molecule has 0 unspecified atom stereocenters. The lowest BCUT2D eigenvalue weighted by Gasteiger charge is -2.44. The van der Waals surface area contributed by atoms with Crippen molar-refractivity contribution in [1.29, 1.82) is 0 Å². The zero-order chi connectivity index (χ0) is 23.6. The number of likely N-dealkylation sites (tertiary alicyclic amines) is 1. The number of benzene rings is 2. The van der Waals surface area contributed by atoms with Gasteiger partial charge in [0.25, 0.3) is 5.91 Å². The number of nitrogens with zero attached hydrogens (tertiary/aromatic N) is 1. The van der Waals surface area contributed by atoms with E-state index in [-0.39, 0.29) is 24.7 Å². The van der Waals surface area contributed by atoms with E-state index in [9.17, 15) is 9.59 Å². The highest BCUT2D eigenvalue weighted by atomic mass is 16.5. The number of fused-ring (bicyclic) bond motifs is 1. The van der Waals surface area contributed by atoms with Crippen molar-refractivity contribution >= 4 is 11.7 Å². The van der Waals surface area contributed by atoms with Crippen LogP contribution in [0.4, 0.5) is 0 Å². The van der Waals surface area contributed by atoms with Gasteiger partial charge in [0.1, 0.15) is 34.2 Å². The monoisotopic (exact) mass is 453 g/mol. The van der Waals surface area contributed by atoms with Crippen LogP contribution in [0.3, 0.4) is 0 Å². The molecule has 7 heteroatoms. The van der Waals surface area contributed by atoms with Gasteiger partial charge in [0.05, 0.1) is 20.6 Å². The minimum atomic E-state index is -0.620. The molecule has 1 amide bonds. The molecule has 0 radical (unpaired) electrons. The molecule has 7 nitrogen and oxygen atoms in total. The number of Topliss-reactive ketones (excluding diaryl/α,β-unsaturated/α-hetero) is 1. The number of piperidine rings is 1. The van der Waals surface area contributed by atoms with Crippen LogP contribution in [-0.2, 0) is 4.79 Å². The first kappa shape index (κ1) is 23.0. The topological polar surface area (TPSA) is 74.3 Å². The van der Waals surface area contributed by atoms with Crippen LogP contribution in [0.1, 0.15) is 54.9 Å². The van der Waals surface area contributed by atoms with Crippen LogP contribution >= 0.6 is 0 Å². The summed E-state index contributed by atoms with van der Waals surface area (Å²) in [6, 6.07) is 11.3. The molecule has 33 heavy (non-hydrogen) atoms. The van der Waals surface area contributed by atoms with Crippen molar-refractivity contribution < 1.29 is 28.5 Å². The van der Waals surface area contributed by atoms with Crippen molar-refractivity contribution in [3.63, 3.8) is 0 Å². The first-order valence-corrected chi connectivity index (χ1v) is 11.3. The summed E-state index contributed by atoms with van der Waals surface area (Å²) >= 11 is 0. The molecule has 0 atom stereocenters. The molecule has 0 bridgehead atoms. The number of hydrogen-bond acceptors (Lipinski definition) is 6. The average Bonchev–Trinajstić information content (AvgIpc) is 2.82. The van der Waals surface area contributed by atoms with Crippen LogP contribution in [0, 0.1) is 0 Å². The molecule has 1 fully saturated rings. The first-order chi connectivity index (χ1) is 15.8. The molecular weight excluding hydrogens is 422 g/mol. The van der Waals surface area contributed by atoms with Crippen molar-refractivity contribution in [2.75, 3.05) is 33.9 Å². The zero-order valence-corrected chi connectivity index (χ0v) is 19.7. The molecule has 1 saturated heterocycles. The lowest BCUT2D eigenvalue weighted by atomic mass is 9.82. The fourth-order valence-electron chi connectivity index (χ4n) is 4.49. The largest absolute Gasteiger partial charge is 0.496 e. The van der Waals surface area contributed by atoms with Gasteiger partial charge < -0.3 is 23.8 Å². The van der Waals surface area contributed by atoms with Crippen molar-refractivity contribution in [3.8, 4) is 23.0 Å². The standard InChI is InChI=1S/C26H31NO6/c1-17(2)18-6-5-7-19(12-18)32-16-24(29)27-10-8-26(9-11-27)15-21(28)25-22(31-4)13-20(30-3)14-23(25)33-26/h5-7,12-14,17H,8-11,15-16H2,1-4H3. The van der Waals surface area contributed by atoms with Crippen molar-refractivity contribution in [3.05, 3.63) is 47.5 Å². The number of carbonyl (C=O) groups is 2. The Kier molecular flexibility index (Phi) is 6.49. The average molecular weight is 454 g/mol. The van der Waals surface area contributed by atoms with Crippen molar-refractivity contribution in [1.82, 2.24) is 4.90 Å². The van der Waals surface area contributed by atoms with Gasteiger partial charge in [-0.05, 0) is 23.6 Å². The lowest BCUT2D eigenvalue weighted by molar-refractivity contribution is -0.136. The quantitative estimate of drug-likeness (QED) is 0.652. The van der Waals surface area contributed by atoms with Crippen LogP contribution in [0.25, 0.3) is 0 Å². The first-order valence-electron chi connectivity index (χ1n) is 11.3. The highest BCUT2D eigenvalue weighted by molar-refractivity contribution is 6.03. The summed E-state index contributed by atoms with van der Waals surface area (Å²) in [5.41, 5.74) is 1.01. The Morgan fingerprint density at radius 1 is 1.09 bits per heavy atom. The Hall–Kier alpha value is -3.22. The number of amides is 1. The maximum atomic E-state index is 13.0. The number of ether oxygens (including phenoxy) is 4. The van der Waals surface area contributed by atoms with Crippen LogP contribution in [0.2, 0.25) is 0 Å². The molecule has 4 rings (SSSR count). The third-order valence-corrected chi connectivity index (χ3v) is 6.50. The molecule has 0 aromatic heterocycles. The Balaban J connectivity index is 1.39. The van der Waals surface area contributed by atoms with E-state index < -0.39 is 5.60 Å². The number of rotatable bonds is 6. The Morgan fingerprint density at radius 3 is 2.52 bits per heavy atom. The molecular formula is C26H31NO6. The van der Waals surface area contributed by atoms with Gasteiger partial charge in [-0.15, -0.1) is 0 Å². The number of ketones is 1. The van der Waals surface area contributed by atoms with Gasteiger partial charge in [-0.3, -0.25) is 9.59 Å². The van der Waals surface area contributed by atoms with E-state index in [0.717, 1.165) is 0 Å². The third-order valence-electron chi connectivity index (χ3n) is 6.50. The molecule has 2 heterocycles. The van der Waals surface area contributed by atoms with E-state index in [1.165, 1.54) is 12.7 Å². The van der Waals surface area contributed by atoms with Crippen LogP contribution in [0.15, 0.2) is 36.4 Å². The van der Waals surface area contributed by atoms with Crippen molar-refractivity contribution in [2.24, 2.45) is 0 Å². The summed E-state index contributed by atoms with van der Waals surface area (Å²) in [6.45, 7) is 5.26. The van der Waals surface area contributed by atoms with E-state index in [2.05, 4.69) is 19.9 Å². The fraction of sp³-hybridized carbons (Fsp3) is 0.462. The number of methoxy groups -OCH3 is 2. The maximum absolute atomic E-state index is 13.0. The van der Waals surface area contributed by atoms with E-state index in [0.29, 0.717) is 60.4 Å². The summed E-state index contributed by atoms with van der Waals surface area (Å²) in [6.07, 6.45) is 1.42. The highest BCUT2D eigenvalue weighted by Gasteiger charge is 2.45. The molecule has 176 valence electrons. The van der Waals surface area contributed by atoms with Gasteiger partial charge in [-0.2, -0.15) is 0 Å². The molecule has 0 saturated carbocycles. The minimum absolute atomic E-state index is 0.00837. The Labute approximate surface area is 194 Å². The lowest BCUT2D eigenvalue weighted by Crippen LogP contribution is -2.53. The van der Waals surface area contributed by atoms with Gasteiger partial charge in [0.2, 0.25) is 0 Å². The third kappa shape index (κ3) is 4.77. The second-order valence-corrected chi connectivity index (χ2v) is 8.98. The zero-order valence-electron chi connectivity index (χ0n) is 19.7. The fourth-order valence-corrected chi connectivity index (χ4v) is 4.49. The molecule has 2 aliphatic heterocycles. The Morgan fingerprint density at radius 2 is 1.85 bits per heavy atom. The van der Waals surface area contributed by atoms with E-state index in [4.69, 9.17) is 18.9 Å². The second-order valence-electron chi connectivity index (χ2n) is 8.98. The van der Waals surface area contributed by atoms with Crippen molar-refractivity contribution in [2.45, 2.75) is 44.6 Å². The van der Waals surface area contributed by atoms with Crippen LogP contribution in [0.5, 0.6) is 23.0 Å². The van der Waals surface area contributed by atoms with Crippen LogP contribution in [-0.4, -0.2) is 56.1 Å². The minimum Gasteiger partial charge on any atom is -0.496 e. The molecule has 2 aliphatic rings. The molecule has 0 aliphatic carbocycles. The number of hydrogen-bond donors (Lipinski definition) is 0. The maximum Gasteiger partial charge on any atom is 0.260 e. The van der Waals surface area contributed by atoms with Gasteiger partial charge in [0, 0.05) is 38.1 Å². The molecule has 2 aromatic rings. The van der Waals surface area contributed by atoms with E-state index in [1.807, 2.05) is 18.2 Å². The summed E-state index contributed by atoms with van der Waals surface area (Å²) in [4.78, 5) is 27.5. The molecule has 2 aromatic carbocycles. The predicted octanol–water partition coefficient (Wildman–Crippen LogP) is 4.23. The predicted molar refractivity (Wildman–Crippen MR) is 124 cm³/mol. The second kappa shape index (κ2) is 9.33. The highest BCUT2D eigenvalue weighted by Crippen LogP contribution is 2.44. The smallest absolute Gasteiger partial charge is 0.260 e. The van der Waals surface area contributed by atoms with Gasteiger partial charge in [-0.25, -0.2) is 0 Å². The van der Waals surface area contributed by atoms with E-state index >= 15 is 0 Å². The number of carbonyl (C=O) groups excluding carboxylic acids is 2. The SMILES string of the molecule is COc1cc(OC)c2c(c1)OC1(CCN(C(=O)COc3cccc(C(C)C)c3)CC1)CC2=O. The van der Waals surface area contributed by atoms with Crippen LogP contribution < -0.4 is 18.9 Å². The summed E-state index contributed by atoms with van der Waals surface area (Å²) in [5, 5.41) is 0. The Bertz CT molecular complexity index is 1040. The van der Waals surface area contributed by atoms with Gasteiger partial charge in [0.15, 0.2) is 12.4 Å². The summed E-state index contributed by atoms with van der Waals surface area (Å²) < 4.78 is 22.8.